The fourth-order valence-corrected chi connectivity index (χ4v) is 3.20. The van der Waals surface area contributed by atoms with Crippen LogP contribution in [0.15, 0.2) is 48.2 Å². The highest BCUT2D eigenvalue weighted by atomic mass is 16.2. The molecule has 0 spiro atoms. The van der Waals surface area contributed by atoms with Gasteiger partial charge in [0.2, 0.25) is 11.8 Å². The predicted molar refractivity (Wildman–Crippen MR) is 100 cm³/mol. The van der Waals surface area contributed by atoms with Gasteiger partial charge in [-0.1, -0.05) is 18.2 Å². The molecule has 2 amide bonds. The van der Waals surface area contributed by atoms with Crippen LogP contribution in [0.2, 0.25) is 0 Å². The fraction of sp³-hybridized carbons (Fsp3) is 0.150. The number of pyridine rings is 1. The van der Waals surface area contributed by atoms with Crippen molar-refractivity contribution in [2.75, 3.05) is 5.32 Å². The lowest BCUT2D eigenvalue weighted by molar-refractivity contribution is -0.116. The second kappa shape index (κ2) is 6.48. The number of carbonyl (C=O) groups excluding carboxylic acids is 2. The number of fused-ring (bicyclic) bond motifs is 2. The van der Waals surface area contributed by atoms with Crippen molar-refractivity contribution >= 4 is 34.6 Å². The van der Waals surface area contributed by atoms with Gasteiger partial charge in [0.1, 0.15) is 5.82 Å². The molecule has 0 bridgehead atoms. The van der Waals surface area contributed by atoms with Crippen molar-refractivity contribution in [1.82, 2.24) is 9.97 Å². The molecule has 0 radical (unpaired) electrons. The third-order valence-corrected chi connectivity index (χ3v) is 4.49. The first-order valence-corrected chi connectivity index (χ1v) is 8.44. The van der Waals surface area contributed by atoms with Gasteiger partial charge < -0.3 is 16.0 Å². The molecular weight excluding hydrogens is 328 g/mol. The Morgan fingerprint density at radius 1 is 1.23 bits per heavy atom. The van der Waals surface area contributed by atoms with E-state index in [1.165, 1.54) is 0 Å². The number of amides is 2. The van der Waals surface area contributed by atoms with E-state index in [1.54, 1.807) is 12.3 Å². The molecule has 1 aromatic carbocycles. The normalized spacial score (nSPS) is 14.2. The van der Waals surface area contributed by atoms with Crippen LogP contribution in [0.5, 0.6) is 0 Å². The highest BCUT2D eigenvalue weighted by Gasteiger charge is 2.16. The molecule has 3 aromatic rings. The minimum atomic E-state index is -0.463. The molecule has 0 saturated carbocycles. The molecule has 0 unspecified atom stereocenters. The molecule has 0 fully saturated rings. The van der Waals surface area contributed by atoms with E-state index in [-0.39, 0.29) is 5.91 Å². The first kappa shape index (κ1) is 16.1. The second-order valence-electron chi connectivity index (χ2n) is 6.42. The molecule has 2 aromatic heterocycles. The lowest BCUT2D eigenvalue weighted by Gasteiger charge is -2.15. The standard InChI is InChI=1S/C20H18N4O2/c21-19(26)15(10-16-9-13-3-1-2-4-17(13)23-16)8-12-7-14-5-6-18(25)24-20(14)22-11-12/h1-4,7-9,11,23H,5-6,10H2,(H2,21,26)(H,22,24,25)/b15-8-. The van der Waals surface area contributed by atoms with Crippen LogP contribution < -0.4 is 11.1 Å². The zero-order valence-electron chi connectivity index (χ0n) is 14.1. The first-order valence-electron chi connectivity index (χ1n) is 8.44. The number of anilines is 1. The van der Waals surface area contributed by atoms with E-state index < -0.39 is 5.91 Å². The number of rotatable bonds is 4. The van der Waals surface area contributed by atoms with E-state index in [9.17, 15) is 9.59 Å². The maximum Gasteiger partial charge on any atom is 0.245 e. The molecule has 6 nitrogen and oxygen atoms in total. The lowest BCUT2D eigenvalue weighted by Crippen LogP contribution is -2.20. The minimum absolute atomic E-state index is 0.0232. The largest absolute Gasteiger partial charge is 0.366 e. The number of aryl methyl sites for hydroxylation is 1. The first-order chi connectivity index (χ1) is 12.6. The Kier molecular flexibility index (Phi) is 4.01. The van der Waals surface area contributed by atoms with E-state index in [0.717, 1.165) is 27.7 Å². The Hall–Kier alpha value is -3.41. The van der Waals surface area contributed by atoms with Crippen molar-refractivity contribution in [1.29, 1.82) is 0 Å². The number of nitrogens with zero attached hydrogens (tertiary/aromatic N) is 1. The predicted octanol–water partition coefficient (Wildman–Crippen LogP) is 2.56. The monoisotopic (exact) mass is 346 g/mol. The number of carbonyl (C=O) groups is 2. The highest BCUT2D eigenvalue weighted by molar-refractivity contribution is 5.97. The fourth-order valence-electron chi connectivity index (χ4n) is 3.20. The van der Waals surface area contributed by atoms with Gasteiger partial charge in [-0.25, -0.2) is 4.98 Å². The number of primary amides is 1. The van der Waals surface area contributed by atoms with Gasteiger partial charge >= 0.3 is 0 Å². The molecule has 1 aliphatic heterocycles. The van der Waals surface area contributed by atoms with Gasteiger partial charge in [-0.2, -0.15) is 0 Å². The van der Waals surface area contributed by atoms with Gasteiger partial charge in [0.05, 0.1) is 0 Å². The molecule has 1 aliphatic rings. The van der Waals surface area contributed by atoms with Crippen molar-refractivity contribution in [3.05, 3.63) is 65.0 Å². The lowest BCUT2D eigenvalue weighted by atomic mass is 10.0. The zero-order chi connectivity index (χ0) is 18.1. The van der Waals surface area contributed by atoms with Gasteiger partial charge in [-0.05, 0) is 47.2 Å². The van der Waals surface area contributed by atoms with Crippen LogP contribution in [0.25, 0.3) is 17.0 Å². The molecule has 3 heterocycles. The summed E-state index contributed by atoms with van der Waals surface area (Å²) >= 11 is 0. The van der Waals surface area contributed by atoms with Crippen molar-refractivity contribution in [2.24, 2.45) is 5.73 Å². The van der Waals surface area contributed by atoms with Crippen molar-refractivity contribution < 1.29 is 9.59 Å². The molecule has 6 heteroatoms. The Labute approximate surface area is 150 Å². The Balaban J connectivity index is 1.63. The Bertz CT molecular complexity index is 1020. The number of H-pyrrole nitrogens is 1. The molecule has 4 rings (SSSR count). The molecular formula is C20H18N4O2. The smallest absolute Gasteiger partial charge is 0.245 e. The van der Waals surface area contributed by atoms with Gasteiger partial charge in [0, 0.05) is 35.8 Å². The van der Waals surface area contributed by atoms with E-state index in [4.69, 9.17) is 5.73 Å². The summed E-state index contributed by atoms with van der Waals surface area (Å²) in [6.45, 7) is 0. The van der Waals surface area contributed by atoms with Crippen molar-refractivity contribution in [3.8, 4) is 0 Å². The second-order valence-corrected chi connectivity index (χ2v) is 6.42. The maximum atomic E-state index is 11.9. The van der Waals surface area contributed by atoms with Crippen LogP contribution in [0, 0.1) is 0 Å². The topological polar surface area (TPSA) is 101 Å². The van der Waals surface area contributed by atoms with E-state index >= 15 is 0 Å². The SMILES string of the molecule is NC(=O)/C(=C\c1cnc2c(c1)CCC(=O)N2)Cc1cc2ccccc2[nH]1. The summed E-state index contributed by atoms with van der Waals surface area (Å²) in [5.74, 6) is 0.106. The molecule has 130 valence electrons. The average molecular weight is 346 g/mol. The summed E-state index contributed by atoms with van der Waals surface area (Å²) in [6.07, 6.45) is 4.90. The number of benzene rings is 1. The number of hydrogen-bond donors (Lipinski definition) is 3. The number of para-hydroxylation sites is 1. The van der Waals surface area contributed by atoms with E-state index in [2.05, 4.69) is 15.3 Å². The minimum Gasteiger partial charge on any atom is -0.366 e. The summed E-state index contributed by atoms with van der Waals surface area (Å²) in [7, 11) is 0. The third-order valence-electron chi connectivity index (χ3n) is 4.49. The summed E-state index contributed by atoms with van der Waals surface area (Å²) in [6, 6.07) is 11.9. The number of aromatic amines is 1. The number of nitrogens with two attached hydrogens (primary N) is 1. The molecule has 0 aliphatic carbocycles. The Morgan fingerprint density at radius 3 is 2.88 bits per heavy atom. The third kappa shape index (κ3) is 3.21. The van der Waals surface area contributed by atoms with Gasteiger partial charge in [-0.15, -0.1) is 0 Å². The van der Waals surface area contributed by atoms with Crippen LogP contribution in [-0.2, 0) is 22.4 Å². The van der Waals surface area contributed by atoms with Gasteiger partial charge in [0.25, 0.3) is 0 Å². The van der Waals surface area contributed by atoms with Crippen molar-refractivity contribution in [2.45, 2.75) is 19.3 Å². The van der Waals surface area contributed by atoms with Crippen molar-refractivity contribution in [3.63, 3.8) is 0 Å². The Morgan fingerprint density at radius 2 is 2.08 bits per heavy atom. The molecule has 0 saturated heterocycles. The summed E-state index contributed by atoms with van der Waals surface area (Å²) in [4.78, 5) is 30.9. The van der Waals surface area contributed by atoms with Gasteiger partial charge in [-0.3, -0.25) is 9.59 Å². The number of aromatic nitrogens is 2. The van der Waals surface area contributed by atoms with Crippen LogP contribution in [0.3, 0.4) is 0 Å². The molecule has 4 N–H and O–H groups in total. The summed E-state index contributed by atoms with van der Waals surface area (Å²) in [5.41, 5.74) is 9.79. The average Bonchev–Trinajstić information content (AvgIpc) is 3.03. The van der Waals surface area contributed by atoms with E-state index in [0.29, 0.717) is 30.7 Å². The molecule has 0 atom stereocenters. The van der Waals surface area contributed by atoms with Crippen LogP contribution in [0.4, 0.5) is 5.82 Å². The maximum absolute atomic E-state index is 11.9. The summed E-state index contributed by atoms with van der Waals surface area (Å²) < 4.78 is 0. The quantitative estimate of drug-likeness (QED) is 0.633. The van der Waals surface area contributed by atoms with Crippen LogP contribution in [0.1, 0.15) is 23.2 Å². The highest BCUT2D eigenvalue weighted by Crippen LogP contribution is 2.23. The van der Waals surface area contributed by atoms with Crippen LogP contribution in [-0.4, -0.2) is 21.8 Å². The van der Waals surface area contributed by atoms with E-state index in [1.807, 2.05) is 36.4 Å². The number of nitrogens with one attached hydrogen (secondary N) is 2. The van der Waals surface area contributed by atoms with Gasteiger partial charge in [0.15, 0.2) is 0 Å². The zero-order valence-corrected chi connectivity index (χ0v) is 14.1. The molecule has 26 heavy (non-hydrogen) atoms. The number of hydrogen-bond acceptors (Lipinski definition) is 3. The summed E-state index contributed by atoms with van der Waals surface area (Å²) in [5, 5.41) is 3.85. The van der Waals surface area contributed by atoms with Crippen LogP contribution >= 0.6 is 0 Å².